The minimum atomic E-state index is -0.636. The summed E-state index contributed by atoms with van der Waals surface area (Å²) in [5, 5.41) is 2.24. The van der Waals surface area contributed by atoms with Gasteiger partial charge in [-0.2, -0.15) is 0 Å². The van der Waals surface area contributed by atoms with Crippen molar-refractivity contribution in [3.05, 3.63) is 65.3 Å². The molecule has 4 nitrogen and oxygen atoms in total. The van der Waals surface area contributed by atoms with Crippen LogP contribution >= 0.6 is 0 Å². The molecule has 1 unspecified atom stereocenters. The first kappa shape index (κ1) is 19.9. The largest absolute Gasteiger partial charge is 0.497 e. The molecule has 0 radical (unpaired) electrons. The van der Waals surface area contributed by atoms with Crippen LogP contribution in [0.4, 0.5) is 0 Å². The fourth-order valence-electron chi connectivity index (χ4n) is 5.28. The Morgan fingerprint density at radius 2 is 1.94 bits per heavy atom. The van der Waals surface area contributed by atoms with Crippen molar-refractivity contribution in [2.75, 3.05) is 13.7 Å². The van der Waals surface area contributed by atoms with Gasteiger partial charge in [0.05, 0.1) is 13.2 Å². The summed E-state index contributed by atoms with van der Waals surface area (Å²) in [7, 11) is 1.68. The van der Waals surface area contributed by atoms with Crippen LogP contribution in [0.1, 0.15) is 38.7 Å². The molecular weight excluding hydrogens is 386 g/mol. The molecule has 1 fully saturated rings. The SMILES string of the molecule is COc1ccc2cc(C#CC3=C[C@H](C)N4CCCCC4[C@@]4(C)OC(=O)C=C34)ccc2c1. The summed E-state index contributed by atoms with van der Waals surface area (Å²) >= 11 is 0. The van der Waals surface area contributed by atoms with Gasteiger partial charge in [-0.15, -0.1) is 0 Å². The highest BCUT2D eigenvalue weighted by Gasteiger charge is 2.51. The van der Waals surface area contributed by atoms with E-state index in [1.807, 2.05) is 24.3 Å². The molecule has 1 saturated heterocycles. The Bertz CT molecular complexity index is 1180. The highest BCUT2D eigenvalue weighted by Crippen LogP contribution is 2.44. The lowest BCUT2D eigenvalue weighted by Gasteiger charge is -2.45. The molecule has 158 valence electrons. The number of hydrogen-bond acceptors (Lipinski definition) is 4. The van der Waals surface area contributed by atoms with Crippen molar-refractivity contribution in [2.24, 2.45) is 0 Å². The van der Waals surface area contributed by atoms with Gasteiger partial charge in [0.2, 0.25) is 0 Å². The summed E-state index contributed by atoms with van der Waals surface area (Å²) in [5.74, 6) is 7.30. The van der Waals surface area contributed by atoms with Crippen LogP contribution in [0.3, 0.4) is 0 Å². The van der Waals surface area contributed by atoms with Gasteiger partial charge in [0, 0.05) is 28.8 Å². The molecule has 3 aliphatic rings. The van der Waals surface area contributed by atoms with Crippen LogP contribution in [0.2, 0.25) is 0 Å². The fourth-order valence-corrected chi connectivity index (χ4v) is 5.28. The van der Waals surface area contributed by atoms with Crippen LogP contribution in [-0.2, 0) is 9.53 Å². The van der Waals surface area contributed by atoms with E-state index >= 15 is 0 Å². The molecule has 0 bridgehead atoms. The van der Waals surface area contributed by atoms with Gasteiger partial charge in [0.1, 0.15) is 5.75 Å². The summed E-state index contributed by atoms with van der Waals surface area (Å²) in [6.45, 7) is 5.30. The molecule has 31 heavy (non-hydrogen) atoms. The molecular formula is C27H27NO3. The highest BCUT2D eigenvalue weighted by atomic mass is 16.6. The smallest absolute Gasteiger partial charge is 0.332 e. The van der Waals surface area contributed by atoms with Gasteiger partial charge in [-0.05, 0) is 68.3 Å². The topological polar surface area (TPSA) is 38.8 Å². The Morgan fingerprint density at radius 3 is 2.77 bits per heavy atom. The second kappa shape index (κ2) is 7.59. The van der Waals surface area contributed by atoms with E-state index in [2.05, 4.69) is 48.8 Å². The third-order valence-corrected chi connectivity index (χ3v) is 6.90. The quantitative estimate of drug-likeness (QED) is 0.505. The maximum absolute atomic E-state index is 12.3. The molecule has 3 atom stereocenters. The number of esters is 1. The summed E-state index contributed by atoms with van der Waals surface area (Å²) in [6.07, 6.45) is 7.24. The molecule has 0 aromatic heterocycles. The standard InChI is InChI=1S/C27H27NO3/c1-18-14-22(10-8-19-7-9-21-16-23(30-3)12-11-20(21)15-19)24-17-26(29)31-27(24,2)25-6-4-5-13-28(18)25/h7,9,11-12,14-18,25H,4-6,13H2,1-3H3/t18-,25?,27-/m0/s1. The van der Waals surface area contributed by atoms with Crippen molar-refractivity contribution < 1.29 is 14.3 Å². The lowest BCUT2D eigenvalue weighted by atomic mass is 9.81. The number of rotatable bonds is 1. The number of hydrogen-bond donors (Lipinski definition) is 0. The summed E-state index contributed by atoms with van der Waals surface area (Å²) in [6, 6.07) is 12.7. The van der Waals surface area contributed by atoms with Gasteiger partial charge in [0.15, 0.2) is 5.60 Å². The number of fused-ring (bicyclic) bond motifs is 4. The molecule has 5 rings (SSSR count). The second-order valence-electron chi connectivity index (χ2n) is 8.83. The van der Waals surface area contributed by atoms with E-state index in [4.69, 9.17) is 9.47 Å². The number of carbonyl (C=O) groups is 1. The predicted molar refractivity (Wildman–Crippen MR) is 122 cm³/mol. The van der Waals surface area contributed by atoms with Crippen molar-refractivity contribution in [1.82, 2.24) is 4.90 Å². The summed E-state index contributed by atoms with van der Waals surface area (Å²) < 4.78 is 11.2. The Labute approximate surface area is 183 Å². The van der Waals surface area contributed by atoms with Crippen LogP contribution in [0.25, 0.3) is 10.8 Å². The van der Waals surface area contributed by atoms with Crippen molar-refractivity contribution >= 4 is 16.7 Å². The van der Waals surface area contributed by atoms with Gasteiger partial charge in [0.25, 0.3) is 0 Å². The first-order chi connectivity index (χ1) is 15.0. The van der Waals surface area contributed by atoms with Crippen molar-refractivity contribution in [3.63, 3.8) is 0 Å². The van der Waals surface area contributed by atoms with E-state index in [-0.39, 0.29) is 18.1 Å². The van der Waals surface area contributed by atoms with Crippen molar-refractivity contribution in [3.8, 4) is 17.6 Å². The summed E-state index contributed by atoms with van der Waals surface area (Å²) in [4.78, 5) is 14.8. The van der Waals surface area contributed by atoms with Crippen LogP contribution in [-0.4, -0.2) is 42.2 Å². The minimum Gasteiger partial charge on any atom is -0.497 e. The average Bonchev–Trinajstić information content (AvgIpc) is 3.07. The Hall–Kier alpha value is -3.03. The van der Waals surface area contributed by atoms with E-state index in [1.165, 1.54) is 6.42 Å². The van der Waals surface area contributed by atoms with Crippen molar-refractivity contribution in [2.45, 2.75) is 50.8 Å². The molecule has 3 aliphatic heterocycles. The average molecular weight is 414 g/mol. The zero-order valence-corrected chi connectivity index (χ0v) is 18.3. The molecule has 2 aromatic carbocycles. The van der Waals surface area contributed by atoms with Gasteiger partial charge in [-0.3, -0.25) is 4.90 Å². The molecule has 3 heterocycles. The van der Waals surface area contributed by atoms with Gasteiger partial charge >= 0.3 is 5.97 Å². The fraction of sp³-hybridized carbons (Fsp3) is 0.370. The van der Waals surface area contributed by atoms with E-state index in [0.29, 0.717) is 0 Å². The normalized spacial score (nSPS) is 27.8. The number of piperidine rings is 1. The Kier molecular flexibility index (Phi) is 4.87. The third kappa shape index (κ3) is 3.43. The molecule has 0 N–H and O–H groups in total. The van der Waals surface area contributed by atoms with Gasteiger partial charge < -0.3 is 9.47 Å². The monoisotopic (exact) mass is 413 g/mol. The van der Waals surface area contributed by atoms with E-state index < -0.39 is 5.60 Å². The lowest BCUT2D eigenvalue weighted by Crippen LogP contribution is -2.55. The maximum Gasteiger partial charge on any atom is 0.332 e. The predicted octanol–water partition coefficient (Wildman–Crippen LogP) is 4.62. The van der Waals surface area contributed by atoms with Crippen LogP contribution in [0.15, 0.2) is 59.7 Å². The number of benzene rings is 2. The number of ether oxygens (including phenoxy) is 2. The molecule has 0 amide bonds. The number of nitrogens with zero attached hydrogens (tertiary/aromatic N) is 1. The zero-order chi connectivity index (χ0) is 21.6. The molecule has 0 aliphatic carbocycles. The number of methoxy groups -OCH3 is 1. The lowest BCUT2D eigenvalue weighted by molar-refractivity contribution is -0.151. The first-order valence-electron chi connectivity index (χ1n) is 11.0. The van der Waals surface area contributed by atoms with Crippen molar-refractivity contribution in [1.29, 1.82) is 0 Å². The molecule has 0 spiro atoms. The minimum absolute atomic E-state index is 0.195. The zero-order valence-electron chi connectivity index (χ0n) is 18.3. The van der Waals surface area contributed by atoms with Crippen LogP contribution < -0.4 is 4.74 Å². The third-order valence-electron chi connectivity index (χ3n) is 6.90. The van der Waals surface area contributed by atoms with E-state index in [1.54, 1.807) is 13.2 Å². The van der Waals surface area contributed by atoms with Gasteiger partial charge in [-0.1, -0.05) is 36.5 Å². The number of carbonyl (C=O) groups excluding carboxylic acids is 1. The molecule has 0 saturated carbocycles. The second-order valence-corrected chi connectivity index (χ2v) is 8.83. The molecule has 2 aromatic rings. The Balaban J connectivity index is 1.54. The van der Waals surface area contributed by atoms with E-state index in [9.17, 15) is 4.79 Å². The van der Waals surface area contributed by atoms with E-state index in [0.717, 1.165) is 52.6 Å². The maximum atomic E-state index is 12.3. The Morgan fingerprint density at radius 1 is 1.13 bits per heavy atom. The van der Waals surface area contributed by atoms with Gasteiger partial charge in [-0.25, -0.2) is 4.79 Å². The molecule has 4 heteroatoms. The highest BCUT2D eigenvalue weighted by molar-refractivity contribution is 5.89. The van der Waals surface area contributed by atoms with Crippen LogP contribution in [0, 0.1) is 11.8 Å². The summed E-state index contributed by atoms with van der Waals surface area (Å²) in [5.41, 5.74) is 2.14. The first-order valence-corrected chi connectivity index (χ1v) is 11.0. The van der Waals surface area contributed by atoms with Crippen LogP contribution in [0.5, 0.6) is 5.75 Å².